The molecule has 0 saturated carbocycles. The summed E-state index contributed by atoms with van der Waals surface area (Å²) in [4.78, 5) is 28.0. The second kappa shape index (κ2) is 5.26. The molecule has 0 bridgehead atoms. The van der Waals surface area contributed by atoms with Crippen LogP contribution in [0.3, 0.4) is 0 Å². The van der Waals surface area contributed by atoms with E-state index in [0.29, 0.717) is 24.1 Å². The van der Waals surface area contributed by atoms with Gasteiger partial charge in [0.05, 0.1) is 11.0 Å². The standard InChI is InChI=1S/C13H16FN3O2/c1-3-16(4-2)12(18)8-17-11-6-5-9(14)7-10(11)15-13(17)19/h5-7H,3-4,8H2,1-2H3,(H,15,19). The lowest BCUT2D eigenvalue weighted by molar-refractivity contribution is -0.131. The van der Waals surface area contributed by atoms with Gasteiger partial charge in [0.1, 0.15) is 12.4 Å². The van der Waals surface area contributed by atoms with Crippen molar-refractivity contribution in [3.8, 4) is 0 Å². The maximum Gasteiger partial charge on any atom is 0.326 e. The third-order valence-corrected chi connectivity index (χ3v) is 3.15. The number of nitrogens with one attached hydrogen (secondary N) is 1. The van der Waals surface area contributed by atoms with Crippen molar-refractivity contribution in [2.45, 2.75) is 20.4 Å². The lowest BCUT2D eigenvalue weighted by Gasteiger charge is -2.18. The average molecular weight is 265 g/mol. The van der Waals surface area contributed by atoms with Crippen LogP contribution in [0.2, 0.25) is 0 Å². The molecule has 0 atom stereocenters. The fourth-order valence-electron chi connectivity index (χ4n) is 2.10. The second-order valence-electron chi connectivity index (χ2n) is 4.24. The Labute approximate surface area is 109 Å². The Hall–Kier alpha value is -2.11. The van der Waals surface area contributed by atoms with Gasteiger partial charge in [0.25, 0.3) is 0 Å². The summed E-state index contributed by atoms with van der Waals surface area (Å²) >= 11 is 0. The van der Waals surface area contributed by atoms with Crippen molar-refractivity contribution >= 4 is 16.9 Å². The summed E-state index contributed by atoms with van der Waals surface area (Å²) < 4.78 is 14.4. The van der Waals surface area contributed by atoms with Crippen molar-refractivity contribution in [2.24, 2.45) is 0 Å². The molecule has 0 saturated heterocycles. The summed E-state index contributed by atoms with van der Waals surface area (Å²) in [5.74, 6) is -0.548. The predicted octanol–water partition coefficient (Wildman–Crippen LogP) is 1.34. The summed E-state index contributed by atoms with van der Waals surface area (Å²) in [5.41, 5.74) is 0.533. The van der Waals surface area contributed by atoms with Gasteiger partial charge in [-0.15, -0.1) is 0 Å². The van der Waals surface area contributed by atoms with E-state index in [1.54, 1.807) is 4.90 Å². The molecule has 0 spiro atoms. The molecule has 102 valence electrons. The van der Waals surface area contributed by atoms with E-state index >= 15 is 0 Å². The van der Waals surface area contributed by atoms with Crippen LogP contribution in [0.1, 0.15) is 13.8 Å². The van der Waals surface area contributed by atoms with E-state index in [1.165, 1.54) is 22.8 Å². The number of carbonyl (C=O) groups excluding carboxylic acids is 1. The topological polar surface area (TPSA) is 58.1 Å². The Morgan fingerprint density at radius 2 is 2.05 bits per heavy atom. The third-order valence-electron chi connectivity index (χ3n) is 3.15. The first-order valence-electron chi connectivity index (χ1n) is 6.22. The smallest absolute Gasteiger partial charge is 0.326 e. The fraction of sp³-hybridized carbons (Fsp3) is 0.385. The highest BCUT2D eigenvalue weighted by molar-refractivity contribution is 5.80. The van der Waals surface area contributed by atoms with Crippen molar-refractivity contribution in [3.05, 3.63) is 34.5 Å². The molecular weight excluding hydrogens is 249 g/mol. The number of halogens is 1. The molecule has 2 aromatic rings. The average Bonchev–Trinajstić information content (AvgIpc) is 2.66. The zero-order valence-corrected chi connectivity index (χ0v) is 10.9. The minimum Gasteiger partial charge on any atom is -0.342 e. The number of H-pyrrole nitrogens is 1. The minimum absolute atomic E-state index is 0.0356. The summed E-state index contributed by atoms with van der Waals surface area (Å²) in [5, 5.41) is 0. The number of benzene rings is 1. The highest BCUT2D eigenvalue weighted by atomic mass is 19.1. The van der Waals surface area contributed by atoms with Crippen LogP contribution < -0.4 is 5.69 Å². The molecule has 0 aliphatic heterocycles. The van der Waals surface area contributed by atoms with Crippen LogP contribution in [0.15, 0.2) is 23.0 Å². The van der Waals surface area contributed by atoms with Crippen molar-refractivity contribution in [1.29, 1.82) is 0 Å². The monoisotopic (exact) mass is 265 g/mol. The first kappa shape index (κ1) is 13.3. The Morgan fingerprint density at radius 1 is 1.37 bits per heavy atom. The Kier molecular flexibility index (Phi) is 3.69. The zero-order chi connectivity index (χ0) is 14.0. The quantitative estimate of drug-likeness (QED) is 0.906. The van der Waals surface area contributed by atoms with Gasteiger partial charge >= 0.3 is 5.69 Å². The normalized spacial score (nSPS) is 10.9. The number of fused-ring (bicyclic) bond motifs is 1. The highest BCUT2D eigenvalue weighted by Gasteiger charge is 2.14. The summed E-state index contributed by atoms with van der Waals surface area (Å²) in [6, 6.07) is 4.02. The Balaban J connectivity index is 2.38. The second-order valence-corrected chi connectivity index (χ2v) is 4.24. The maximum atomic E-state index is 13.1. The van der Waals surface area contributed by atoms with Gasteiger partial charge in [0, 0.05) is 13.1 Å². The maximum absolute atomic E-state index is 13.1. The molecule has 1 heterocycles. The molecule has 0 aliphatic rings. The van der Waals surface area contributed by atoms with Gasteiger partial charge in [-0.2, -0.15) is 0 Å². The molecule has 6 heteroatoms. The number of aromatic amines is 1. The van der Waals surface area contributed by atoms with Crippen molar-refractivity contribution < 1.29 is 9.18 Å². The van der Waals surface area contributed by atoms with E-state index in [-0.39, 0.29) is 12.5 Å². The molecule has 2 rings (SSSR count). The number of amides is 1. The fourth-order valence-corrected chi connectivity index (χ4v) is 2.10. The van der Waals surface area contributed by atoms with Crippen LogP contribution in [-0.4, -0.2) is 33.4 Å². The molecule has 0 unspecified atom stereocenters. The van der Waals surface area contributed by atoms with Crippen molar-refractivity contribution in [1.82, 2.24) is 14.5 Å². The summed E-state index contributed by atoms with van der Waals surface area (Å²) in [6.07, 6.45) is 0. The van der Waals surface area contributed by atoms with E-state index in [0.717, 1.165) is 0 Å². The van der Waals surface area contributed by atoms with Crippen LogP contribution in [0.5, 0.6) is 0 Å². The van der Waals surface area contributed by atoms with Gasteiger partial charge in [-0.1, -0.05) is 0 Å². The highest BCUT2D eigenvalue weighted by Crippen LogP contribution is 2.12. The van der Waals surface area contributed by atoms with Gasteiger partial charge < -0.3 is 9.88 Å². The largest absolute Gasteiger partial charge is 0.342 e. The van der Waals surface area contributed by atoms with Gasteiger partial charge in [-0.3, -0.25) is 9.36 Å². The summed E-state index contributed by atoms with van der Waals surface area (Å²) in [6.45, 7) is 4.93. The van der Waals surface area contributed by atoms with E-state index in [4.69, 9.17) is 0 Å². The number of imidazole rings is 1. The minimum atomic E-state index is -0.420. The summed E-state index contributed by atoms with van der Waals surface area (Å²) in [7, 11) is 0. The molecule has 1 amide bonds. The zero-order valence-electron chi connectivity index (χ0n) is 10.9. The first-order valence-corrected chi connectivity index (χ1v) is 6.22. The Bertz CT molecular complexity index is 655. The molecule has 0 aliphatic carbocycles. The molecule has 0 fully saturated rings. The van der Waals surface area contributed by atoms with Gasteiger partial charge in [-0.25, -0.2) is 9.18 Å². The first-order chi connectivity index (χ1) is 9.06. The van der Waals surface area contributed by atoms with Gasteiger partial charge in [0.15, 0.2) is 0 Å². The van der Waals surface area contributed by atoms with Crippen molar-refractivity contribution in [2.75, 3.05) is 13.1 Å². The number of hydrogen-bond donors (Lipinski definition) is 1. The van der Waals surface area contributed by atoms with Crippen LogP contribution >= 0.6 is 0 Å². The van der Waals surface area contributed by atoms with Crippen molar-refractivity contribution in [3.63, 3.8) is 0 Å². The lowest BCUT2D eigenvalue weighted by atomic mass is 10.3. The number of rotatable bonds is 4. The van der Waals surface area contributed by atoms with Crippen LogP contribution in [0, 0.1) is 5.82 Å². The molecule has 1 N–H and O–H groups in total. The number of likely N-dealkylation sites (N-methyl/N-ethyl adjacent to an activating group) is 1. The van der Waals surface area contributed by atoms with E-state index in [9.17, 15) is 14.0 Å². The third kappa shape index (κ3) is 2.52. The molecule has 1 aromatic heterocycles. The molecular formula is C13H16FN3O2. The van der Waals surface area contributed by atoms with E-state index in [1.807, 2.05) is 13.8 Å². The SMILES string of the molecule is CCN(CC)C(=O)Cn1c(=O)[nH]c2cc(F)ccc21. The van der Waals surface area contributed by atoms with Crippen LogP contribution in [0.4, 0.5) is 4.39 Å². The van der Waals surface area contributed by atoms with Gasteiger partial charge in [0.2, 0.25) is 5.91 Å². The van der Waals surface area contributed by atoms with Crippen LogP contribution in [0.25, 0.3) is 11.0 Å². The van der Waals surface area contributed by atoms with Crippen LogP contribution in [-0.2, 0) is 11.3 Å². The lowest BCUT2D eigenvalue weighted by Crippen LogP contribution is -2.35. The van der Waals surface area contributed by atoms with Gasteiger partial charge in [-0.05, 0) is 32.0 Å². The molecule has 5 nitrogen and oxygen atoms in total. The molecule has 1 aromatic carbocycles. The number of hydrogen-bond acceptors (Lipinski definition) is 2. The van der Waals surface area contributed by atoms with E-state index < -0.39 is 11.5 Å². The Morgan fingerprint density at radius 3 is 2.68 bits per heavy atom. The number of carbonyl (C=O) groups is 1. The number of nitrogens with zero attached hydrogens (tertiary/aromatic N) is 2. The molecule has 19 heavy (non-hydrogen) atoms. The number of aromatic nitrogens is 2. The molecule has 0 radical (unpaired) electrons. The predicted molar refractivity (Wildman–Crippen MR) is 70.4 cm³/mol. The van der Waals surface area contributed by atoms with E-state index in [2.05, 4.69) is 4.98 Å².